The Morgan fingerprint density at radius 1 is 1.32 bits per heavy atom. The molecule has 1 fully saturated rings. The lowest BCUT2D eigenvalue weighted by molar-refractivity contribution is 0.0619. The van der Waals surface area contributed by atoms with E-state index in [9.17, 15) is 13.2 Å². The third-order valence-electron chi connectivity index (χ3n) is 3.91. The molecule has 3 N–H and O–H groups in total. The molecule has 1 aliphatic heterocycles. The second kappa shape index (κ2) is 7.21. The molecule has 1 heterocycles. The summed E-state index contributed by atoms with van der Waals surface area (Å²) in [6, 6.07) is 7.16. The zero-order valence-corrected chi connectivity index (χ0v) is 13.6. The fraction of sp³-hybridized carbons (Fsp3) is 0.533. The van der Waals surface area contributed by atoms with Gasteiger partial charge < -0.3 is 10.6 Å². The van der Waals surface area contributed by atoms with E-state index in [2.05, 4.69) is 4.72 Å². The lowest BCUT2D eigenvalue weighted by Gasteiger charge is -2.35. The molecule has 0 radical (unpaired) electrons. The monoisotopic (exact) mass is 325 g/mol. The molecule has 2 rings (SSSR count). The summed E-state index contributed by atoms with van der Waals surface area (Å²) in [5, 5.41) is 0. The molecule has 1 aromatic rings. The van der Waals surface area contributed by atoms with Crippen LogP contribution in [-0.2, 0) is 16.6 Å². The maximum atomic E-state index is 12.7. The number of nitrogens with zero attached hydrogens (tertiary/aromatic N) is 1. The fourth-order valence-electron chi connectivity index (χ4n) is 2.68. The van der Waals surface area contributed by atoms with Crippen LogP contribution in [0.25, 0.3) is 0 Å². The summed E-state index contributed by atoms with van der Waals surface area (Å²) < 4.78 is 25.0. The Kier molecular flexibility index (Phi) is 5.55. The molecule has 7 heteroatoms. The first kappa shape index (κ1) is 16.9. The first-order chi connectivity index (χ1) is 10.4. The van der Waals surface area contributed by atoms with Crippen LogP contribution in [0.1, 0.15) is 35.2 Å². The van der Waals surface area contributed by atoms with Crippen molar-refractivity contribution in [2.45, 2.75) is 31.8 Å². The van der Waals surface area contributed by atoms with E-state index in [0.29, 0.717) is 18.7 Å². The van der Waals surface area contributed by atoms with Crippen molar-refractivity contribution in [2.24, 2.45) is 5.73 Å². The number of rotatable bonds is 5. The van der Waals surface area contributed by atoms with E-state index < -0.39 is 10.0 Å². The molecule has 0 bridgehead atoms. The molecule has 1 saturated heterocycles. The number of sulfonamides is 1. The van der Waals surface area contributed by atoms with E-state index in [1.165, 1.54) is 0 Å². The van der Waals surface area contributed by atoms with Crippen LogP contribution < -0.4 is 10.5 Å². The van der Waals surface area contributed by atoms with Gasteiger partial charge in [-0.05, 0) is 37.0 Å². The van der Waals surface area contributed by atoms with Crippen molar-refractivity contribution < 1.29 is 13.2 Å². The van der Waals surface area contributed by atoms with Gasteiger partial charge in [-0.3, -0.25) is 4.79 Å². The Labute approximate surface area is 131 Å². The number of amides is 1. The molecule has 0 saturated carbocycles. The second-order valence-electron chi connectivity index (χ2n) is 5.67. The molecule has 0 spiro atoms. The van der Waals surface area contributed by atoms with Crippen molar-refractivity contribution in [1.29, 1.82) is 0 Å². The zero-order valence-electron chi connectivity index (χ0n) is 12.8. The predicted molar refractivity (Wildman–Crippen MR) is 85.9 cm³/mol. The van der Waals surface area contributed by atoms with Crippen LogP contribution in [0.3, 0.4) is 0 Å². The van der Waals surface area contributed by atoms with Crippen LogP contribution in [0.15, 0.2) is 24.3 Å². The summed E-state index contributed by atoms with van der Waals surface area (Å²) >= 11 is 0. The molecule has 122 valence electrons. The molecule has 1 aromatic carbocycles. The molecular weight excluding hydrogens is 302 g/mol. The van der Waals surface area contributed by atoms with Gasteiger partial charge in [0.05, 0.1) is 6.26 Å². The van der Waals surface area contributed by atoms with Crippen LogP contribution in [0.5, 0.6) is 0 Å². The first-order valence-corrected chi connectivity index (χ1v) is 9.34. The number of benzene rings is 1. The summed E-state index contributed by atoms with van der Waals surface area (Å²) in [5.74, 6) is -0.0522. The van der Waals surface area contributed by atoms with Gasteiger partial charge in [0.2, 0.25) is 10.0 Å². The number of piperidine rings is 1. The Bertz CT molecular complexity index is 613. The normalized spacial score (nSPS) is 19.2. The Balaban J connectivity index is 2.10. The summed E-state index contributed by atoms with van der Waals surface area (Å²) in [7, 11) is -3.25. The SMILES string of the molecule is CS(=O)(=O)NCC1CCCCN1C(=O)c1ccc(CN)cc1. The number of carbonyl (C=O) groups excluding carboxylic acids is 1. The van der Waals surface area contributed by atoms with Gasteiger partial charge in [0.25, 0.3) is 5.91 Å². The standard InChI is InChI=1S/C15H23N3O3S/c1-22(20,21)17-11-14-4-2-3-9-18(14)15(19)13-7-5-12(10-16)6-8-13/h5-8,14,17H,2-4,9-11,16H2,1H3. The summed E-state index contributed by atoms with van der Waals surface area (Å²) in [4.78, 5) is 14.4. The molecule has 1 aliphatic rings. The van der Waals surface area contributed by atoms with E-state index in [0.717, 1.165) is 31.1 Å². The fourth-order valence-corrected chi connectivity index (χ4v) is 3.17. The van der Waals surface area contributed by atoms with E-state index >= 15 is 0 Å². The number of hydrogen-bond donors (Lipinski definition) is 2. The van der Waals surface area contributed by atoms with E-state index in [-0.39, 0.29) is 18.5 Å². The summed E-state index contributed by atoms with van der Waals surface area (Å²) in [5.41, 5.74) is 7.15. The maximum Gasteiger partial charge on any atom is 0.254 e. The summed E-state index contributed by atoms with van der Waals surface area (Å²) in [6.07, 6.45) is 3.90. The first-order valence-electron chi connectivity index (χ1n) is 7.45. The summed E-state index contributed by atoms with van der Waals surface area (Å²) in [6.45, 7) is 1.37. The molecule has 6 nitrogen and oxygen atoms in total. The number of carbonyl (C=O) groups is 1. The minimum absolute atomic E-state index is 0.0522. The maximum absolute atomic E-state index is 12.7. The Hall–Kier alpha value is -1.44. The topological polar surface area (TPSA) is 92.5 Å². The van der Waals surface area contributed by atoms with Crippen LogP contribution in [-0.4, -0.2) is 44.6 Å². The predicted octanol–water partition coefficient (Wildman–Crippen LogP) is 0.689. The number of hydrogen-bond acceptors (Lipinski definition) is 4. The smallest absolute Gasteiger partial charge is 0.254 e. The van der Waals surface area contributed by atoms with Crippen molar-refractivity contribution in [1.82, 2.24) is 9.62 Å². The van der Waals surface area contributed by atoms with Gasteiger partial charge in [-0.25, -0.2) is 13.1 Å². The number of nitrogens with two attached hydrogens (primary N) is 1. The third kappa shape index (κ3) is 4.53. The molecule has 1 atom stereocenters. The van der Waals surface area contributed by atoms with Crippen LogP contribution in [0.4, 0.5) is 0 Å². The van der Waals surface area contributed by atoms with Crippen molar-refractivity contribution in [3.05, 3.63) is 35.4 Å². The Morgan fingerprint density at radius 3 is 2.59 bits per heavy atom. The van der Waals surface area contributed by atoms with E-state index in [4.69, 9.17) is 5.73 Å². The van der Waals surface area contributed by atoms with Gasteiger partial charge >= 0.3 is 0 Å². The van der Waals surface area contributed by atoms with Gasteiger partial charge in [-0.2, -0.15) is 0 Å². The van der Waals surface area contributed by atoms with Crippen molar-refractivity contribution in [3.8, 4) is 0 Å². The van der Waals surface area contributed by atoms with Gasteiger partial charge in [0.15, 0.2) is 0 Å². The van der Waals surface area contributed by atoms with Crippen LogP contribution in [0, 0.1) is 0 Å². The highest BCUT2D eigenvalue weighted by Gasteiger charge is 2.27. The molecule has 22 heavy (non-hydrogen) atoms. The van der Waals surface area contributed by atoms with Gasteiger partial charge in [0.1, 0.15) is 0 Å². The average Bonchev–Trinajstić information content (AvgIpc) is 2.52. The minimum atomic E-state index is -3.25. The molecule has 1 unspecified atom stereocenters. The van der Waals surface area contributed by atoms with Gasteiger partial charge in [-0.1, -0.05) is 12.1 Å². The van der Waals surface area contributed by atoms with Gasteiger partial charge in [-0.15, -0.1) is 0 Å². The van der Waals surface area contributed by atoms with Crippen LogP contribution >= 0.6 is 0 Å². The molecular formula is C15H23N3O3S. The highest BCUT2D eigenvalue weighted by atomic mass is 32.2. The molecule has 1 amide bonds. The van der Waals surface area contributed by atoms with Crippen LogP contribution in [0.2, 0.25) is 0 Å². The lowest BCUT2D eigenvalue weighted by Crippen LogP contribution is -2.49. The largest absolute Gasteiger partial charge is 0.334 e. The van der Waals surface area contributed by atoms with Crippen molar-refractivity contribution >= 4 is 15.9 Å². The lowest BCUT2D eigenvalue weighted by atomic mass is 10.0. The quantitative estimate of drug-likeness (QED) is 0.833. The number of likely N-dealkylation sites (tertiary alicyclic amines) is 1. The third-order valence-corrected chi connectivity index (χ3v) is 4.60. The van der Waals surface area contributed by atoms with E-state index in [1.807, 2.05) is 12.1 Å². The van der Waals surface area contributed by atoms with Crippen molar-refractivity contribution in [3.63, 3.8) is 0 Å². The molecule has 0 aromatic heterocycles. The van der Waals surface area contributed by atoms with E-state index in [1.54, 1.807) is 17.0 Å². The van der Waals surface area contributed by atoms with Crippen molar-refractivity contribution in [2.75, 3.05) is 19.3 Å². The average molecular weight is 325 g/mol. The van der Waals surface area contributed by atoms with Gasteiger partial charge in [0, 0.05) is 31.2 Å². The second-order valence-corrected chi connectivity index (χ2v) is 7.50. The molecule has 0 aliphatic carbocycles. The highest BCUT2D eigenvalue weighted by Crippen LogP contribution is 2.19. The highest BCUT2D eigenvalue weighted by molar-refractivity contribution is 7.88. The zero-order chi connectivity index (χ0) is 16.2. The minimum Gasteiger partial charge on any atom is -0.334 e. The number of nitrogens with one attached hydrogen (secondary N) is 1. The Morgan fingerprint density at radius 2 is 2.00 bits per heavy atom.